The van der Waals surface area contributed by atoms with Crippen molar-refractivity contribution in [1.82, 2.24) is 4.68 Å². The highest BCUT2D eigenvalue weighted by Crippen LogP contribution is 2.55. The minimum Gasteiger partial charge on any atom is -0.505 e. The molecule has 0 spiro atoms. The fourth-order valence-electron chi connectivity index (χ4n) is 4.13. The lowest BCUT2D eigenvalue weighted by molar-refractivity contribution is 0.478. The van der Waals surface area contributed by atoms with Gasteiger partial charge in [-0.3, -0.25) is 13.9 Å². The summed E-state index contributed by atoms with van der Waals surface area (Å²) in [7, 11) is -3.53. The van der Waals surface area contributed by atoms with Gasteiger partial charge in [0.1, 0.15) is 10.5 Å². The van der Waals surface area contributed by atoms with Gasteiger partial charge >= 0.3 is 0 Å². The number of nitrogens with one attached hydrogen (secondary N) is 1. The maximum atomic E-state index is 13.5. The van der Waals surface area contributed by atoms with Crippen molar-refractivity contribution in [2.24, 2.45) is 15.4 Å². The number of nitrogens with zero attached hydrogens (tertiary/aromatic N) is 3. The first-order valence-electron chi connectivity index (χ1n) is 10.0. The number of pyridine rings is 1. The number of thiophene rings is 1. The Balaban J connectivity index is 1.72. The minimum absolute atomic E-state index is 0.0811. The molecule has 8 nitrogen and oxygen atoms in total. The Labute approximate surface area is 184 Å². The number of fused-ring (bicyclic) bond motifs is 2. The van der Waals surface area contributed by atoms with Gasteiger partial charge in [0.2, 0.25) is 0 Å². The summed E-state index contributed by atoms with van der Waals surface area (Å²) in [6, 6.07) is 8.40. The molecule has 31 heavy (non-hydrogen) atoms. The lowest BCUT2D eigenvalue weighted by atomic mass is 9.89. The van der Waals surface area contributed by atoms with Crippen LogP contribution in [-0.4, -0.2) is 30.4 Å². The summed E-state index contributed by atoms with van der Waals surface area (Å²) in [6.45, 7) is 2.17. The molecule has 3 heterocycles. The maximum Gasteiger partial charge on any atom is 0.286 e. The number of rotatable bonds is 2. The van der Waals surface area contributed by atoms with Gasteiger partial charge in [0.25, 0.3) is 5.56 Å². The largest absolute Gasteiger partial charge is 0.505 e. The van der Waals surface area contributed by atoms with Crippen molar-refractivity contribution >= 4 is 49.6 Å². The van der Waals surface area contributed by atoms with E-state index in [-0.39, 0.29) is 22.0 Å². The van der Waals surface area contributed by atoms with Gasteiger partial charge in [-0.05, 0) is 55.2 Å². The number of hydrogen-bond donors (Lipinski definition) is 4. The van der Waals surface area contributed by atoms with Crippen LogP contribution in [0.5, 0.6) is 5.75 Å². The molecule has 3 aromatic rings. The Morgan fingerprint density at radius 2 is 2.10 bits per heavy atom. The summed E-state index contributed by atoms with van der Waals surface area (Å²) in [5, 5.41) is 20.4. The first kappa shape index (κ1) is 20.3. The monoisotopic (exact) mass is 458 g/mol. The maximum absolute atomic E-state index is 13.5. The van der Waals surface area contributed by atoms with Crippen LogP contribution in [0.1, 0.15) is 38.2 Å². The van der Waals surface area contributed by atoms with Crippen LogP contribution in [0.2, 0.25) is 0 Å². The predicted molar refractivity (Wildman–Crippen MR) is 126 cm³/mol. The second-order valence-corrected chi connectivity index (χ2v) is 10.5. The Hall–Kier alpha value is -2.66. The predicted octanol–water partition coefficient (Wildman–Crippen LogP) is 5.08. The van der Waals surface area contributed by atoms with Crippen LogP contribution >= 0.6 is 22.1 Å². The van der Waals surface area contributed by atoms with Crippen molar-refractivity contribution in [2.45, 2.75) is 37.5 Å². The first-order chi connectivity index (χ1) is 14.8. The van der Waals surface area contributed by atoms with E-state index in [1.807, 2.05) is 0 Å². The molecule has 0 bridgehead atoms. The second kappa shape index (κ2) is 7.49. The number of aromatic nitrogens is 1. The normalized spacial score (nSPS) is 22.6. The molecule has 162 valence electrons. The molecule has 2 aliphatic rings. The van der Waals surface area contributed by atoms with Crippen LogP contribution in [0.4, 0.5) is 5.69 Å². The zero-order valence-electron chi connectivity index (χ0n) is 16.8. The summed E-state index contributed by atoms with van der Waals surface area (Å²) < 4.78 is 27.0. The summed E-state index contributed by atoms with van der Waals surface area (Å²) in [6.07, 6.45) is 3.81. The van der Waals surface area contributed by atoms with Crippen LogP contribution in [0, 0.1) is 5.92 Å². The molecular weight excluding hydrogens is 436 g/mol. The molecule has 0 saturated heterocycles. The van der Waals surface area contributed by atoms with E-state index in [4.69, 9.17) is 0 Å². The topological polar surface area (TPSA) is 119 Å². The van der Waals surface area contributed by atoms with E-state index in [0.717, 1.165) is 31.4 Å². The minimum atomic E-state index is -3.53. The number of hydrogen-bond acceptors (Lipinski definition) is 8. The zero-order valence-corrected chi connectivity index (χ0v) is 18.4. The molecule has 10 heteroatoms. The third-order valence-corrected chi connectivity index (χ3v) is 7.90. The highest BCUT2D eigenvalue weighted by Gasteiger charge is 2.30. The molecule has 1 atom stereocenters. The van der Waals surface area contributed by atoms with E-state index >= 15 is 0 Å². The molecule has 4 N–H and O–H groups in total. The molecule has 0 radical (unpaired) electrons. The Morgan fingerprint density at radius 3 is 2.90 bits per heavy atom. The van der Waals surface area contributed by atoms with Gasteiger partial charge < -0.3 is 10.4 Å². The number of aromatic hydroxyl groups is 1. The fraction of sp³-hybridized carbons (Fsp3) is 0.286. The second-order valence-electron chi connectivity index (χ2n) is 7.92. The SMILES string of the molecule is CC1CCC/C(=N/n2c(=O)c(C3=NS(O)(O)c4ccccc4N3)c(O)c3sccc32)C1. The third kappa shape index (κ3) is 3.45. The molecule has 1 aliphatic carbocycles. The highest BCUT2D eigenvalue weighted by atomic mass is 32.3. The Kier molecular flexibility index (Phi) is 4.89. The van der Waals surface area contributed by atoms with Gasteiger partial charge in [0, 0.05) is 5.71 Å². The van der Waals surface area contributed by atoms with Crippen molar-refractivity contribution in [3.05, 3.63) is 51.6 Å². The zero-order chi connectivity index (χ0) is 21.8. The lowest BCUT2D eigenvalue weighted by Crippen LogP contribution is -2.31. The van der Waals surface area contributed by atoms with Gasteiger partial charge in [0.15, 0.2) is 11.6 Å². The smallest absolute Gasteiger partial charge is 0.286 e. The third-order valence-electron chi connectivity index (χ3n) is 5.61. The number of benzene rings is 1. The summed E-state index contributed by atoms with van der Waals surface area (Å²) in [4.78, 5) is 13.7. The lowest BCUT2D eigenvalue weighted by Gasteiger charge is -2.34. The van der Waals surface area contributed by atoms with E-state index < -0.39 is 16.3 Å². The molecule has 2 aromatic heterocycles. The molecule has 0 amide bonds. The van der Waals surface area contributed by atoms with E-state index in [0.29, 0.717) is 21.8 Å². The fourth-order valence-corrected chi connectivity index (χ4v) is 6.11. The average Bonchev–Trinajstić information content (AvgIpc) is 3.21. The van der Waals surface area contributed by atoms with Crippen LogP contribution in [0.25, 0.3) is 10.2 Å². The van der Waals surface area contributed by atoms with E-state index in [9.17, 15) is 19.0 Å². The Bertz CT molecular complexity index is 1310. The Morgan fingerprint density at radius 1 is 1.29 bits per heavy atom. The molecular formula is C21H22N4O4S2. The molecule has 1 saturated carbocycles. The van der Waals surface area contributed by atoms with Gasteiger partial charge in [0.05, 0.1) is 15.9 Å². The van der Waals surface area contributed by atoms with E-state index in [2.05, 4.69) is 21.7 Å². The van der Waals surface area contributed by atoms with E-state index in [1.54, 1.807) is 35.7 Å². The first-order valence-corrected chi connectivity index (χ1v) is 12.4. The molecule has 1 aromatic carbocycles. The van der Waals surface area contributed by atoms with Crippen LogP contribution in [0.15, 0.2) is 54.9 Å². The summed E-state index contributed by atoms with van der Waals surface area (Å²) in [5.74, 6) is 0.179. The standard InChI is InChI=1S/C21H22N4O4S2/c1-12-5-4-6-13(11-12)23-25-15-9-10-30-19(15)18(26)17(21(25)27)20-22-14-7-2-3-8-16(14)31(28,29)24-20/h2-3,7-10,12,26,28-29H,4-6,11H2,1H3,(H,22,24)/b23-13-. The van der Waals surface area contributed by atoms with Crippen molar-refractivity contribution in [2.75, 3.05) is 5.32 Å². The van der Waals surface area contributed by atoms with Crippen molar-refractivity contribution in [1.29, 1.82) is 0 Å². The average molecular weight is 459 g/mol. The van der Waals surface area contributed by atoms with Gasteiger partial charge in [-0.25, -0.2) is 0 Å². The molecule has 1 aliphatic heterocycles. The van der Waals surface area contributed by atoms with Crippen LogP contribution in [-0.2, 0) is 0 Å². The highest BCUT2D eigenvalue weighted by molar-refractivity contribution is 8.23. The van der Waals surface area contributed by atoms with Crippen LogP contribution in [0.3, 0.4) is 0 Å². The van der Waals surface area contributed by atoms with Gasteiger partial charge in [-0.2, -0.15) is 9.78 Å². The summed E-state index contributed by atoms with van der Waals surface area (Å²) >= 11 is 1.28. The number of anilines is 1. The van der Waals surface area contributed by atoms with Gasteiger partial charge in [-0.15, -0.1) is 15.7 Å². The molecule has 1 unspecified atom stereocenters. The van der Waals surface area contributed by atoms with E-state index in [1.165, 1.54) is 16.0 Å². The van der Waals surface area contributed by atoms with Crippen molar-refractivity contribution < 1.29 is 14.2 Å². The van der Waals surface area contributed by atoms with Crippen molar-refractivity contribution in [3.8, 4) is 5.75 Å². The summed E-state index contributed by atoms with van der Waals surface area (Å²) in [5.41, 5.74) is 1.20. The number of amidine groups is 1. The van der Waals surface area contributed by atoms with Crippen LogP contribution < -0.4 is 10.9 Å². The number of para-hydroxylation sites is 1. The van der Waals surface area contributed by atoms with Crippen molar-refractivity contribution in [3.63, 3.8) is 0 Å². The quantitative estimate of drug-likeness (QED) is 0.427. The molecule has 5 rings (SSSR count). The molecule has 1 fully saturated rings. The van der Waals surface area contributed by atoms with Gasteiger partial charge in [-0.1, -0.05) is 29.8 Å².